The van der Waals surface area contributed by atoms with Gasteiger partial charge in [-0.25, -0.2) is 0 Å². The highest BCUT2D eigenvalue weighted by Crippen LogP contribution is 2.32. The summed E-state index contributed by atoms with van der Waals surface area (Å²) in [5, 5.41) is 3.99. The molecule has 0 aliphatic rings. The van der Waals surface area contributed by atoms with Crippen molar-refractivity contribution in [2.24, 2.45) is 0 Å². The van der Waals surface area contributed by atoms with E-state index in [-0.39, 0.29) is 5.91 Å². The van der Waals surface area contributed by atoms with Crippen molar-refractivity contribution in [1.29, 1.82) is 0 Å². The first-order chi connectivity index (χ1) is 15.6. The van der Waals surface area contributed by atoms with Gasteiger partial charge in [-0.05, 0) is 54.6 Å². The molecule has 0 heterocycles. The van der Waals surface area contributed by atoms with Crippen molar-refractivity contribution in [2.75, 3.05) is 5.32 Å². The lowest BCUT2D eigenvalue weighted by molar-refractivity contribution is 0.102. The summed E-state index contributed by atoms with van der Waals surface area (Å²) >= 11 is 12.3. The van der Waals surface area contributed by atoms with E-state index in [4.69, 9.17) is 32.7 Å². The van der Waals surface area contributed by atoms with Gasteiger partial charge in [-0.2, -0.15) is 0 Å². The fraction of sp³-hybridized carbons (Fsp3) is 0.0385. The topological polar surface area (TPSA) is 47.6 Å². The van der Waals surface area contributed by atoms with Crippen LogP contribution in [-0.2, 0) is 6.61 Å². The summed E-state index contributed by atoms with van der Waals surface area (Å²) in [5.41, 5.74) is 1.77. The quantitative estimate of drug-likeness (QED) is 0.306. The van der Waals surface area contributed by atoms with Gasteiger partial charge in [-0.3, -0.25) is 4.79 Å². The van der Waals surface area contributed by atoms with E-state index in [1.54, 1.807) is 42.5 Å². The zero-order valence-electron chi connectivity index (χ0n) is 16.9. The van der Waals surface area contributed by atoms with Crippen LogP contribution in [0.3, 0.4) is 0 Å². The fourth-order valence-electron chi connectivity index (χ4n) is 3.00. The lowest BCUT2D eigenvalue weighted by Crippen LogP contribution is -2.12. The fourth-order valence-corrected chi connectivity index (χ4v) is 3.36. The lowest BCUT2D eigenvalue weighted by Gasteiger charge is -2.13. The Morgan fingerprint density at radius 3 is 2.34 bits per heavy atom. The zero-order chi connectivity index (χ0) is 22.3. The van der Waals surface area contributed by atoms with E-state index >= 15 is 0 Å². The van der Waals surface area contributed by atoms with Crippen molar-refractivity contribution in [3.05, 3.63) is 118 Å². The normalized spacial score (nSPS) is 10.4. The minimum Gasteiger partial charge on any atom is -0.489 e. The van der Waals surface area contributed by atoms with E-state index in [2.05, 4.69) is 5.32 Å². The lowest BCUT2D eigenvalue weighted by atomic mass is 10.2. The number of nitrogens with one attached hydrogen (secondary N) is 1. The van der Waals surface area contributed by atoms with Crippen LogP contribution in [0.4, 0.5) is 5.69 Å². The Morgan fingerprint density at radius 2 is 1.53 bits per heavy atom. The van der Waals surface area contributed by atoms with Gasteiger partial charge in [-0.1, -0.05) is 65.7 Å². The molecule has 0 unspecified atom stereocenters. The van der Waals surface area contributed by atoms with Crippen LogP contribution in [0.5, 0.6) is 17.2 Å². The van der Waals surface area contributed by atoms with Crippen molar-refractivity contribution < 1.29 is 14.3 Å². The van der Waals surface area contributed by atoms with E-state index in [0.717, 1.165) is 5.56 Å². The molecule has 0 bridgehead atoms. The van der Waals surface area contributed by atoms with Crippen LogP contribution >= 0.6 is 23.2 Å². The summed E-state index contributed by atoms with van der Waals surface area (Å²) in [6.07, 6.45) is 0. The van der Waals surface area contributed by atoms with Crippen molar-refractivity contribution in [2.45, 2.75) is 6.61 Å². The minimum atomic E-state index is -0.312. The third-order valence-electron chi connectivity index (χ3n) is 4.61. The van der Waals surface area contributed by atoms with Gasteiger partial charge in [0.05, 0.1) is 5.69 Å². The average molecular weight is 464 g/mol. The van der Waals surface area contributed by atoms with Crippen molar-refractivity contribution in [3.8, 4) is 17.2 Å². The van der Waals surface area contributed by atoms with Crippen LogP contribution in [0.25, 0.3) is 0 Å². The Morgan fingerprint density at radius 1 is 0.781 bits per heavy atom. The Bertz CT molecular complexity index is 1230. The molecule has 4 rings (SSSR count). The Hall–Kier alpha value is -3.47. The van der Waals surface area contributed by atoms with Gasteiger partial charge >= 0.3 is 0 Å². The standard InChI is InChI=1S/C26H19Cl2NO3/c27-20-13-14-25(32-21-9-2-1-3-10-21)24(16-20)29-26(30)18-8-6-11-22(15-18)31-17-19-7-4-5-12-23(19)28/h1-16H,17H2,(H,29,30). The van der Waals surface area contributed by atoms with Gasteiger partial charge in [0.15, 0.2) is 5.75 Å². The first kappa shape index (κ1) is 21.8. The van der Waals surface area contributed by atoms with Crippen LogP contribution in [0.15, 0.2) is 97.1 Å². The smallest absolute Gasteiger partial charge is 0.255 e. The van der Waals surface area contributed by atoms with E-state index in [9.17, 15) is 4.79 Å². The molecule has 0 aliphatic carbocycles. The SMILES string of the molecule is O=C(Nc1cc(Cl)ccc1Oc1ccccc1)c1cccc(OCc2ccccc2Cl)c1. The second-order valence-electron chi connectivity index (χ2n) is 6.92. The maximum atomic E-state index is 12.9. The summed E-state index contributed by atoms with van der Waals surface area (Å²) in [5.74, 6) is 1.39. The van der Waals surface area contributed by atoms with Gasteiger partial charge in [0.25, 0.3) is 5.91 Å². The third kappa shape index (κ3) is 5.61. The molecule has 0 saturated heterocycles. The predicted molar refractivity (Wildman–Crippen MR) is 128 cm³/mol. The Kier molecular flexibility index (Phi) is 6.95. The van der Waals surface area contributed by atoms with Crippen LogP contribution in [0, 0.1) is 0 Å². The minimum absolute atomic E-state index is 0.300. The first-order valence-electron chi connectivity index (χ1n) is 9.88. The third-order valence-corrected chi connectivity index (χ3v) is 5.21. The van der Waals surface area contributed by atoms with Crippen molar-refractivity contribution >= 4 is 34.8 Å². The second kappa shape index (κ2) is 10.2. The molecule has 0 fully saturated rings. The number of rotatable bonds is 7. The van der Waals surface area contributed by atoms with E-state index in [0.29, 0.717) is 45.2 Å². The second-order valence-corrected chi connectivity index (χ2v) is 7.76. The number of hydrogen-bond acceptors (Lipinski definition) is 3. The number of amides is 1. The Labute approximate surface area is 196 Å². The maximum absolute atomic E-state index is 12.9. The molecule has 0 atom stereocenters. The summed E-state index contributed by atoms with van der Waals surface area (Å²) in [4.78, 5) is 12.9. The van der Waals surface area contributed by atoms with Gasteiger partial charge in [0.2, 0.25) is 0 Å². The molecule has 32 heavy (non-hydrogen) atoms. The number of carbonyl (C=O) groups is 1. The van der Waals surface area contributed by atoms with E-state index in [1.807, 2.05) is 54.6 Å². The van der Waals surface area contributed by atoms with Crippen LogP contribution < -0.4 is 14.8 Å². The molecule has 0 aliphatic heterocycles. The molecule has 0 aromatic heterocycles. The largest absolute Gasteiger partial charge is 0.489 e. The molecule has 0 spiro atoms. The van der Waals surface area contributed by atoms with Crippen LogP contribution in [-0.4, -0.2) is 5.91 Å². The molecular weight excluding hydrogens is 445 g/mol. The number of ether oxygens (including phenoxy) is 2. The molecule has 0 radical (unpaired) electrons. The number of hydrogen-bond donors (Lipinski definition) is 1. The molecule has 1 amide bonds. The van der Waals surface area contributed by atoms with Crippen molar-refractivity contribution in [3.63, 3.8) is 0 Å². The van der Waals surface area contributed by atoms with Gasteiger partial charge in [-0.15, -0.1) is 0 Å². The van der Waals surface area contributed by atoms with E-state index < -0.39 is 0 Å². The molecule has 0 saturated carbocycles. The molecule has 160 valence electrons. The number of carbonyl (C=O) groups excluding carboxylic acids is 1. The highest BCUT2D eigenvalue weighted by atomic mass is 35.5. The molecule has 4 aromatic carbocycles. The van der Waals surface area contributed by atoms with E-state index in [1.165, 1.54) is 0 Å². The number of anilines is 1. The van der Waals surface area contributed by atoms with Crippen molar-refractivity contribution in [1.82, 2.24) is 0 Å². The van der Waals surface area contributed by atoms with Gasteiger partial charge in [0.1, 0.15) is 18.1 Å². The summed E-state index contributed by atoms with van der Waals surface area (Å²) < 4.78 is 11.7. The molecule has 4 aromatic rings. The Balaban J connectivity index is 1.49. The highest BCUT2D eigenvalue weighted by Gasteiger charge is 2.13. The number of para-hydroxylation sites is 1. The highest BCUT2D eigenvalue weighted by molar-refractivity contribution is 6.31. The van der Waals surface area contributed by atoms with Crippen LogP contribution in [0.2, 0.25) is 10.0 Å². The monoisotopic (exact) mass is 463 g/mol. The molecule has 1 N–H and O–H groups in total. The number of benzene rings is 4. The first-order valence-corrected chi connectivity index (χ1v) is 10.6. The van der Waals surface area contributed by atoms with Gasteiger partial charge < -0.3 is 14.8 Å². The average Bonchev–Trinajstić information content (AvgIpc) is 2.81. The summed E-state index contributed by atoms with van der Waals surface area (Å²) in [6.45, 7) is 0.300. The van der Waals surface area contributed by atoms with Gasteiger partial charge in [0, 0.05) is 21.2 Å². The molecule has 6 heteroatoms. The summed E-state index contributed by atoms with van der Waals surface area (Å²) in [6, 6.07) is 28.8. The number of halogens is 2. The summed E-state index contributed by atoms with van der Waals surface area (Å²) in [7, 11) is 0. The predicted octanol–water partition coefficient (Wildman–Crippen LogP) is 7.62. The molecule has 4 nitrogen and oxygen atoms in total. The zero-order valence-corrected chi connectivity index (χ0v) is 18.4. The molecular formula is C26H19Cl2NO3. The van der Waals surface area contributed by atoms with Crippen LogP contribution in [0.1, 0.15) is 15.9 Å². The maximum Gasteiger partial charge on any atom is 0.255 e.